The van der Waals surface area contributed by atoms with Crippen LogP contribution in [0.5, 0.6) is 0 Å². The summed E-state index contributed by atoms with van der Waals surface area (Å²) in [5.41, 5.74) is 1.72. The molecular weight excluding hydrogens is 350 g/mol. The molecule has 1 aromatic heterocycles. The van der Waals surface area contributed by atoms with Crippen LogP contribution >= 0.6 is 27.7 Å². The monoisotopic (exact) mass is 367 g/mol. The largest absolute Gasteiger partial charge is 0.376 e. The molecule has 1 atom stereocenters. The quantitative estimate of drug-likeness (QED) is 0.815. The first-order chi connectivity index (χ1) is 10.0. The highest BCUT2D eigenvalue weighted by atomic mass is 79.9. The Bertz CT molecular complexity index is 670. The van der Waals surface area contributed by atoms with Gasteiger partial charge in [0.15, 0.2) is 0 Å². The van der Waals surface area contributed by atoms with Gasteiger partial charge in [-0.1, -0.05) is 19.1 Å². The van der Waals surface area contributed by atoms with Crippen LogP contribution < -0.4 is 10.9 Å². The molecule has 0 aliphatic carbocycles. The molecule has 6 heteroatoms. The lowest BCUT2D eigenvalue weighted by Gasteiger charge is -2.17. The van der Waals surface area contributed by atoms with Gasteiger partial charge in [0, 0.05) is 18.0 Å². The zero-order valence-electron chi connectivity index (χ0n) is 12.3. The molecule has 0 bridgehead atoms. The second-order valence-corrected chi connectivity index (χ2v) is 6.80. The summed E-state index contributed by atoms with van der Waals surface area (Å²) in [6.45, 7) is 4.20. The average Bonchev–Trinajstić information content (AvgIpc) is 2.49. The summed E-state index contributed by atoms with van der Waals surface area (Å²) >= 11 is 5.15. The number of anilines is 1. The van der Waals surface area contributed by atoms with Gasteiger partial charge in [0.2, 0.25) is 0 Å². The number of hydrogen-bond acceptors (Lipinski definition) is 4. The van der Waals surface area contributed by atoms with E-state index in [2.05, 4.69) is 64.5 Å². The van der Waals surface area contributed by atoms with Crippen molar-refractivity contribution in [2.75, 3.05) is 11.1 Å². The molecule has 4 nitrogen and oxygen atoms in total. The van der Waals surface area contributed by atoms with Crippen LogP contribution in [0.4, 0.5) is 5.69 Å². The Labute approximate surface area is 137 Å². The molecule has 0 saturated carbocycles. The van der Waals surface area contributed by atoms with Crippen molar-refractivity contribution in [3.8, 4) is 0 Å². The molecule has 0 aliphatic heterocycles. The number of thioether (sulfide) groups is 1. The summed E-state index contributed by atoms with van der Waals surface area (Å²) in [5, 5.41) is 7.35. The van der Waals surface area contributed by atoms with E-state index in [4.69, 9.17) is 0 Å². The minimum atomic E-state index is -0.151. The molecule has 0 radical (unpaired) electrons. The van der Waals surface area contributed by atoms with Crippen LogP contribution in [0.2, 0.25) is 0 Å². The molecule has 0 spiro atoms. The molecule has 1 heterocycles. The molecule has 112 valence electrons. The summed E-state index contributed by atoms with van der Waals surface area (Å²) < 4.78 is 1.81. The number of nitrogens with zero attached hydrogens (tertiary/aromatic N) is 2. The lowest BCUT2D eigenvalue weighted by Crippen LogP contribution is -2.22. The van der Waals surface area contributed by atoms with Crippen LogP contribution in [0, 0.1) is 0 Å². The van der Waals surface area contributed by atoms with Gasteiger partial charge in [-0.25, -0.2) is 4.68 Å². The normalized spacial score (nSPS) is 12.2. The van der Waals surface area contributed by atoms with Gasteiger partial charge >= 0.3 is 0 Å². The Kier molecular flexibility index (Phi) is 5.47. The standard InChI is InChI=1S/C15H18BrN3OS/c1-4-21-12-7-5-11(6-8-12)10(2)18-13-9-17-19(3)15(20)14(13)16/h5-10,18H,4H2,1-3H3. The highest BCUT2D eigenvalue weighted by molar-refractivity contribution is 9.10. The number of aromatic nitrogens is 2. The van der Waals surface area contributed by atoms with Gasteiger partial charge in [-0.2, -0.15) is 5.10 Å². The van der Waals surface area contributed by atoms with Crippen molar-refractivity contribution in [3.63, 3.8) is 0 Å². The van der Waals surface area contributed by atoms with Gasteiger partial charge in [-0.05, 0) is 46.3 Å². The lowest BCUT2D eigenvalue weighted by molar-refractivity contribution is 0.701. The molecule has 2 aromatic rings. The Balaban J connectivity index is 2.16. The van der Waals surface area contributed by atoms with Gasteiger partial charge in [0.1, 0.15) is 4.47 Å². The van der Waals surface area contributed by atoms with Crippen molar-refractivity contribution in [1.82, 2.24) is 9.78 Å². The molecule has 1 aromatic carbocycles. The van der Waals surface area contributed by atoms with E-state index in [9.17, 15) is 4.79 Å². The molecule has 0 aliphatic rings. The smallest absolute Gasteiger partial charge is 0.282 e. The number of rotatable bonds is 5. The Morgan fingerprint density at radius 2 is 2.05 bits per heavy atom. The van der Waals surface area contributed by atoms with E-state index in [0.717, 1.165) is 5.75 Å². The van der Waals surface area contributed by atoms with Gasteiger partial charge in [-0.15, -0.1) is 11.8 Å². The number of hydrogen-bond donors (Lipinski definition) is 1. The molecule has 0 amide bonds. The van der Waals surface area contributed by atoms with Gasteiger partial charge < -0.3 is 5.32 Å². The zero-order valence-corrected chi connectivity index (χ0v) is 14.7. The maximum absolute atomic E-state index is 11.8. The van der Waals surface area contributed by atoms with E-state index in [1.807, 2.05) is 11.8 Å². The predicted molar refractivity (Wildman–Crippen MR) is 92.1 cm³/mol. The Morgan fingerprint density at radius 1 is 1.38 bits per heavy atom. The maximum Gasteiger partial charge on any atom is 0.282 e. The first-order valence-electron chi connectivity index (χ1n) is 6.74. The van der Waals surface area contributed by atoms with E-state index in [0.29, 0.717) is 10.2 Å². The van der Waals surface area contributed by atoms with Crippen LogP contribution in [0.25, 0.3) is 0 Å². The Hall–Kier alpha value is -1.27. The van der Waals surface area contributed by atoms with Crippen molar-refractivity contribution in [2.24, 2.45) is 7.05 Å². The van der Waals surface area contributed by atoms with Crippen LogP contribution in [0.15, 0.2) is 44.6 Å². The third-order valence-electron chi connectivity index (χ3n) is 3.14. The van der Waals surface area contributed by atoms with E-state index in [1.165, 1.54) is 15.1 Å². The van der Waals surface area contributed by atoms with Crippen molar-refractivity contribution in [3.05, 3.63) is 50.9 Å². The number of halogens is 1. The van der Waals surface area contributed by atoms with Crippen molar-refractivity contribution < 1.29 is 0 Å². The fourth-order valence-electron chi connectivity index (χ4n) is 1.95. The summed E-state index contributed by atoms with van der Waals surface area (Å²) in [7, 11) is 1.63. The highest BCUT2D eigenvalue weighted by Crippen LogP contribution is 2.25. The van der Waals surface area contributed by atoms with Gasteiger partial charge in [0.05, 0.1) is 11.9 Å². The summed E-state index contributed by atoms with van der Waals surface area (Å²) in [6, 6.07) is 8.56. The number of benzene rings is 1. The minimum Gasteiger partial charge on any atom is -0.376 e. The van der Waals surface area contributed by atoms with Gasteiger partial charge in [0.25, 0.3) is 5.56 Å². The predicted octanol–water partition coefficient (Wildman–Crippen LogP) is 3.83. The van der Waals surface area contributed by atoms with Crippen molar-refractivity contribution in [2.45, 2.75) is 24.8 Å². The topological polar surface area (TPSA) is 46.9 Å². The highest BCUT2D eigenvalue weighted by Gasteiger charge is 2.11. The third-order valence-corrected chi connectivity index (χ3v) is 4.80. The van der Waals surface area contributed by atoms with E-state index in [-0.39, 0.29) is 11.6 Å². The lowest BCUT2D eigenvalue weighted by atomic mass is 10.1. The fourth-order valence-corrected chi connectivity index (χ4v) is 3.08. The van der Waals surface area contributed by atoms with E-state index in [1.54, 1.807) is 13.2 Å². The molecule has 0 fully saturated rings. The first kappa shape index (κ1) is 16.1. The van der Waals surface area contributed by atoms with E-state index < -0.39 is 0 Å². The van der Waals surface area contributed by atoms with Crippen molar-refractivity contribution in [1.29, 1.82) is 0 Å². The van der Waals surface area contributed by atoms with Crippen LogP contribution in [-0.2, 0) is 7.05 Å². The van der Waals surface area contributed by atoms with Crippen LogP contribution in [-0.4, -0.2) is 15.5 Å². The van der Waals surface area contributed by atoms with Crippen LogP contribution in [0.1, 0.15) is 25.5 Å². The average molecular weight is 368 g/mol. The fraction of sp³-hybridized carbons (Fsp3) is 0.333. The Morgan fingerprint density at radius 3 is 2.67 bits per heavy atom. The zero-order chi connectivity index (χ0) is 15.4. The van der Waals surface area contributed by atoms with Crippen LogP contribution in [0.3, 0.4) is 0 Å². The number of nitrogens with one attached hydrogen (secondary N) is 1. The first-order valence-corrected chi connectivity index (χ1v) is 8.52. The van der Waals surface area contributed by atoms with Crippen molar-refractivity contribution >= 4 is 33.4 Å². The molecule has 1 unspecified atom stereocenters. The summed E-state index contributed by atoms with van der Waals surface area (Å²) in [5.74, 6) is 1.07. The molecule has 1 N–H and O–H groups in total. The number of aryl methyl sites for hydroxylation is 1. The molecule has 2 rings (SSSR count). The van der Waals surface area contributed by atoms with E-state index >= 15 is 0 Å². The third kappa shape index (κ3) is 3.89. The summed E-state index contributed by atoms with van der Waals surface area (Å²) in [6.07, 6.45) is 1.66. The minimum absolute atomic E-state index is 0.0934. The molecule has 21 heavy (non-hydrogen) atoms. The van der Waals surface area contributed by atoms with Gasteiger partial charge in [-0.3, -0.25) is 4.79 Å². The molecular formula is C15H18BrN3OS. The summed E-state index contributed by atoms with van der Waals surface area (Å²) in [4.78, 5) is 13.1. The maximum atomic E-state index is 11.8. The SMILES string of the molecule is CCSc1ccc(C(C)Nc2cnn(C)c(=O)c2Br)cc1. The second kappa shape index (κ2) is 7.13. The molecule has 0 saturated heterocycles. The second-order valence-electron chi connectivity index (χ2n) is 4.67.